The van der Waals surface area contributed by atoms with Gasteiger partial charge in [-0.2, -0.15) is 0 Å². The molecule has 0 aliphatic carbocycles. The minimum atomic E-state index is 0.931. The molecule has 0 atom stereocenters. The zero-order chi connectivity index (χ0) is 6.53. The number of hydrogen-bond donors (Lipinski definition) is 0. The molecule has 0 bridgehead atoms. The van der Waals surface area contributed by atoms with Crippen LogP contribution in [0.4, 0.5) is 0 Å². The quantitative estimate of drug-likeness (QED) is 0.655. The van der Waals surface area contributed by atoms with E-state index in [4.69, 9.17) is 3.85 Å². The summed E-state index contributed by atoms with van der Waals surface area (Å²) in [6.45, 7) is 0. The van der Waals surface area contributed by atoms with Gasteiger partial charge in [0.15, 0.2) is 0 Å². The van der Waals surface area contributed by atoms with Crippen LogP contribution in [0.5, 0.6) is 5.75 Å². The van der Waals surface area contributed by atoms with Gasteiger partial charge in [0.1, 0.15) is 0 Å². The first-order valence-corrected chi connectivity index (χ1v) is 4.05. The molecule has 0 spiro atoms. The third-order valence-electron chi connectivity index (χ3n) is 0.890. The van der Waals surface area contributed by atoms with Gasteiger partial charge in [-0.05, 0) is 0 Å². The molecular weight excluding hydrogens is 159 g/mol. The fraction of sp³-hybridized carbons (Fsp3) is 0.143. The van der Waals surface area contributed by atoms with Gasteiger partial charge in [-0.15, -0.1) is 0 Å². The van der Waals surface area contributed by atoms with Gasteiger partial charge < -0.3 is 0 Å². The van der Waals surface area contributed by atoms with Gasteiger partial charge >= 0.3 is 60.8 Å². The van der Waals surface area contributed by atoms with Gasteiger partial charge in [0, 0.05) is 0 Å². The van der Waals surface area contributed by atoms with Crippen LogP contribution in [0, 0.1) is 0 Å². The molecule has 0 amide bonds. The molecule has 1 aromatic rings. The monoisotopic (exact) mass is 167 g/mol. The average molecular weight is 167 g/mol. The van der Waals surface area contributed by atoms with Gasteiger partial charge in [-0.1, -0.05) is 0 Å². The summed E-state index contributed by atoms with van der Waals surface area (Å²) >= 11 is 0.971. The zero-order valence-corrected chi connectivity index (χ0v) is 6.17. The van der Waals surface area contributed by atoms with Gasteiger partial charge in [0.05, 0.1) is 0 Å². The fourth-order valence-electron chi connectivity index (χ4n) is 0.544. The van der Waals surface area contributed by atoms with Gasteiger partial charge in [-0.3, -0.25) is 0 Å². The molecule has 0 fully saturated rings. The average Bonchev–Trinajstić information content (AvgIpc) is 1.91. The molecule has 1 nitrogen and oxygen atoms in total. The fourth-order valence-corrected chi connectivity index (χ4v) is 0.931. The summed E-state index contributed by atoms with van der Waals surface area (Å²) in [4.78, 5) is 0. The first-order valence-electron chi connectivity index (χ1n) is 2.58. The van der Waals surface area contributed by atoms with E-state index in [1.54, 1.807) is 0 Å². The molecule has 0 heterocycles. The molecule has 1 rings (SSSR count). The Hall–Kier alpha value is -0.474. The molecule has 0 unspecified atom stereocenters. The van der Waals surface area contributed by atoms with Crippen LogP contribution in [0.15, 0.2) is 30.3 Å². The van der Waals surface area contributed by atoms with Gasteiger partial charge in [0.2, 0.25) is 0 Å². The van der Waals surface area contributed by atoms with Crippen LogP contribution in [0.1, 0.15) is 0 Å². The molecule has 0 radical (unpaired) electrons. The molecule has 9 heavy (non-hydrogen) atoms. The SMILES string of the molecule is [CH3][Co][O]c1ccccc1. The Morgan fingerprint density at radius 3 is 2.44 bits per heavy atom. The number of benzene rings is 1. The Labute approximate surface area is 61.3 Å². The van der Waals surface area contributed by atoms with E-state index in [1.807, 2.05) is 36.2 Å². The topological polar surface area (TPSA) is 9.23 Å². The van der Waals surface area contributed by atoms with Crippen LogP contribution >= 0.6 is 0 Å². The van der Waals surface area contributed by atoms with Gasteiger partial charge in [0.25, 0.3) is 0 Å². The summed E-state index contributed by atoms with van der Waals surface area (Å²) in [6.07, 6.45) is 0. The second kappa shape index (κ2) is 3.53. The van der Waals surface area contributed by atoms with Crippen molar-refractivity contribution in [1.82, 2.24) is 0 Å². The minimum absolute atomic E-state index is 0.931. The Bertz CT molecular complexity index is 162. The Kier molecular flexibility index (Phi) is 2.61. The molecule has 0 aromatic heterocycles. The Morgan fingerprint density at radius 2 is 1.89 bits per heavy atom. The van der Waals surface area contributed by atoms with Crippen molar-refractivity contribution in [3.63, 3.8) is 0 Å². The first kappa shape index (κ1) is 6.64. The van der Waals surface area contributed by atoms with E-state index < -0.39 is 0 Å². The second-order valence-electron chi connectivity index (χ2n) is 1.52. The molecule has 0 aliphatic heterocycles. The third kappa shape index (κ3) is 2.07. The van der Waals surface area contributed by atoms with Crippen molar-refractivity contribution >= 4 is 0 Å². The molecule has 0 saturated carbocycles. The Balaban J connectivity index is 2.61. The maximum atomic E-state index is 5.17. The predicted octanol–water partition coefficient (Wildman–Crippen LogP) is 2.11. The van der Waals surface area contributed by atoms with Crippen molar-refractivity contribution in [3.8, 4) is 5.75 Å². The summed E-state index contributed by atoms with van der Waals surface area (Å²) in [6, 6.07) is 9.77. The standard InChI is InChI=1S/C6H6O.CH3.Co/c7-6-4-2-1-3-5-6;;/h1-5,7H;1H3;/q;;+1/p-1. The van der Waals surface area contributed by atoms with Gasteiger partial charge in [-0.25, -0.2) is 0 Å². The second-order valence-corrected chi connectivity index (χ2v) is 2.15. The van der Waals surface area contributed by atoms with Crippen LogP contribution < -0.4 is 3.85 Å². The summed E-state index contributed by atoms with van der Waals surface area (Å²) in [5.74, 6) is 2.88. The van der Waals surface area contributed by atoms with E-state index in [-0.39, 0.29) is 0 Å². The number of para-hydroxylation sites is 1. The first-order chi connectivity index (χ1) is 4.43. The number of rotatable bonds is 2. The van der Waals surface area contributed by atoms with E-state index in [9.17, 15) is 0 Å². The molecular formula is C7H8CoO. The van der Waals surface area contributed by atoms with E-state index in [0.29, 0.717) is 0 Å². The van der Waals surface area contributed by atoms with E-state index in [2.05, 4.69) is 0 Å². The zero-order valence-electron chi connectivity index (χ0n) is 5.13. The van der Waals surface area contributed by atoms with Crippen molar-refractivity contribution in [2.45, 2.75) is 5.86 Å². The number of hydrogen-bond acceptors (Lipinski definition) is 1. The molecule has 2 heteroatoms. The molecule has 0 aliphatic rings. The van der Waals surface area contributed by atoms with Crippen LogP contribution in [-0.4, -0.2) is 0 Å². The van der Waals surface area contributed by atoms with Crippen LogP contribution in [-0.2, 0) is 15.0 Å². The maximum absolute atomic E-state index is 5.17. The molecule has 0 saturated heterocycles. The van der Waals surface area contributed by atoms with Crippen LogP contribution in [0.25, 0.3) is 0 Å². The summed E-state index contributed by atoms with van der Waals surface area (Å²) in [7, 11) is 0. The molecule has 51 valence electrons. The van der Waals surface area contributed by atoms with Crippen LogP contribution in [0.3, 0.4) is 0 Å². The van der Waals surface area contributed by atoms with Crippen molar-refractivity contribution in [2.24, 2.45) is 0 Å². The normalized spacial score (nSPS) is 9.44. The summed E-state index contributed by atoms with van der Waals surface area (Å²) in [5.41, 5.74) is 0. The molecule has 1 aromatic carbocycles. The van der Waals surface area contributed by atoms with Crippen LogP contribution in [0.2, 0.25) is 5.86 Å². The van der Waals surface area contributed by atoms with Crippen molar-refractivity contribution in [2.75, 3.05) is 0 Å². The predicted molar refractivity (Wildman–Crippen MR) is 32.9 cm³/mol. The van der Waals surface area contributed by atoms with Crippen molar-refractivity contribution in [1.29, 1.82) is 0 Å². The Morgan fingerprint density at radius 1 is 1.22 bits per heavy atom. The summed E-state index contributed by atoms with van der Waals surface area (Å²) < 4.78 is 5.17. The van der Waals surface area contributed by atoms with E-state index in [1.165, 1.54) is 0 Å². The third-order valence-corrected chi connectivity index (χ3v) is 1.35. The van der Waals surface area contributed by atoms with Crippen molar-refractivity contribution in [3.05, 3.63) is 30.3 Å². The molecule has 0 N–H and O–H groups in total. The van der Waals surface area contributed by atoms with E-state index >= 15 is 0 Å². The summed E-state index contributed by atoms with van der Waals surface area (Å²) in [5, 5.41) is 0. The van der Waals surface area contributed by atoms with E-state index in [0.717, 1.165) is 20.8 Å². The van der Waals surface area contributed by atoms with Crippen molar-refractivity contribution < 1.29 is 18.9 Å².